The number of aliphatic hydroxyl groups is 1. The van der Waals surface area contributed by atoms with Crippen molar-refractivity contribution < 1.29 is 19.0 Å². The maximum Gasteiger partial charge on any atom is 0.169 e. The van der Waals surface area contributed by atoms with Gasteiger partial charge in [-0.1, -0.05) is 0 Å². The maximum atomic E-state index is 13.1. The fourth-order valence-electron chi connectivity index (χ4n) is 1.11. The number of ether oxygens (including phenoxy) is 2. The van der Waals surface area contributed by atoms with Crippen LogP contribution in [0.25, 0.3) is 0 Å². The van der Waals surface area contributed by atoms with Crippen LogP contribution in [-0.4, -0.2) is 19.3 Å². The average Bonchev–Trinajstić information content (AvgIpc) is 2.17. The van der Waals surface area contributed by atoms with Crippen molar-refractivity contribution in [3.05, 3.63) is 23.5 Å². The Hall–Kier alpha value is -1.29. The zero-order valence-corrected chi connectivity index (χ0v) is 7.50. The molecule has 0 aromatic heterocycles. The van der Waals surface area contributed by atoms with Crippen LogP contribution >= 0.6 is 0 Å². The summed E-state index contributed by atoms with van der Waals surface area (Å²) in [5.41, 5.74) is 0.113. The van der Waals surface area contributed by atoms with Crippen molar-refractivity contribution in [2.75, 3.05) is 14.2 Å². The lowest BCUT2D eigenvalue weighted by Crippen LogP contribution is -1.98. The van der Waals surface area contributed by atoms with Crippen LogP contribution in [0.4, 0.5) is 4.39 Å². The van der Waals surface area contributed by atoms with E-state index < -0.39 is 12.4 Å². The third kappa shape index (κ3) is 1.72. The van der Waals surface area contributed by atoms with Crippen molar-refractivity contribution in [3.63, 3.8) is 0 Å². The molecule has 0 saturated heterocycles. The normalized spacial score (nSPS) is 9.85. The van der Waals surface area contributed by atoms with E-state index in [2.05, 4.69) is 0 Å². The van der Waals surface area contributed by atoms with Crippen molar-refractivity contribution in [1.82, 2.24) is 0 Å². The summed E-state index contributed by atoms with van der Waals surface area (Å²) < 4.78 is 22.9. The molecule has 1 aromatic carbocycles. The van der Waals surface area contributed by atoms with Crippen LogP contribution in [0.1, 0.15) is 5.56 Å². The molecule has 3 nitrogen and oxygen atoms in total. The van der Waals surface area contributed by atoms with Gasteiger partial charge in [-0.15, -0.1) is 0 Å². The van der Waals surface area contributed by atoms with Gasteiger partial charge in [0.05, 0.1) is 26.4 Å². The first-order valence-electron chi connectivity index (χ1n) is 3.74. The van der Waals surface area contributed by atoms with E-state index >= 15 is 0 Å². The van der Waals surface area contributed by atoms with Gasteiger partial charge in [0.25, 0.3) is 0 Å². The lowest BCUT2D eigenvalue weighted by molar-refractivity contribution is 0.263. The van der Waals surface area contributed by atoms with Crippen LogP contribution in [0.15, 0.2) is 12.1 Å². The van der Waals surface area contributed by atoms with E-state index in [4.69, 9.17) is 14.6 Å². The zero-order valence-electron chi connectivity index (χ0n) is 7.50. The van der Waals surface area contributed by atoms with Crippen LogP contribution in [0.5, 0.6) is 11.5 Å². The van der Waals surface area contributed by atoms with E-state index in [-0.39, 0.29) is 11.3 Å². The topological polar surface area (TPSA) is 38.7 Å². The van der Waals surface area contributed by atoms with Gasteiger partial charge in [0.15, 0.2) is 11.5 Å². The first-order chi connectivity index (χ1) is 6.24. The molecule has 0 fully saturated rings. The van der Waals surface area contributed by atoms with Crippen molar-refractivity contribution in [2.24, 2.45) is 0 Å². The SMILES string of the molecule is COc1ccc(F)c(CO)c1OC. The third-order valence-electron chi connectivity index (χ3n) is 1.75. The monoisotopic (exact) mass is 186 g/mol. The molecule has 0 unspecified atom stereocenters. The van der Waals surface area contributed by atoms with Gasteiger partial charge in [0.2, 0.25) is 0 Å². The molecule has 4 heteroatoms. The molecule has 0 atom stereocenters. The Morgan fingerprint density at radius 2 is 2.00 bits per heavy atom. The van der Waals surface area contributed by atoms with Gasteiger partial charge in [0.1, 0.15) is 5.82 Å². The van der Waals surface area contributed by atoms with E-state index in [1.807, 2.05) is 0 Å². The summed E-state index contributed by atoms with van der Waals surface area (Å²) in [6.07, 6.45) is 0. The summed E-state index contributed by atoms with van der Waals surface area (Å²) in [7, 11) is 2.85. The van der Waals surface area contributed by atoms with E-state index in [0.717, 1.165) is 0 Å². The molecule has 0 amide bonds. The van der Waals surface area contributed by atoms with Crippen LogP contribution in [0.2, 0.25) is 0 Å². The second-order valence-corrected chi connectivity index (χ2v) is 2.42. The fraction of sp³-hybridized carbons (Fsp3) is 0.333. The third-order valence-corrected chi connectivity index (χ3v) is 1.75. The standard InChI is InChI=1S/C9H11FO3/c1-12-8-4-3-7(10)6(5-11)9(8)13-2/h3-4,11H,5H2,1-2H3. The molecule has 72 valence electrons. The van der Waals surface area contributed by atoms with Crippen molar-refractivity contribution in [1.29, 1.82) is 0 Å². The second kappa shape index (κ2) is 4.09. The van der Waals surface area contributed by atoms with Crippen molar-refractivity contribution in [3.8, 4) is 11.5 Å². The van der Waals surface area contributed by atoms with Crippen LogP contribution in [0.3, 0.4) is 0 Å². The van der Waals surface area contributed by atoms with Gasteiger partial charge >= 0.3 is 0 Å². The highest BCUT2D eigenvalue weighted by molar-refractivity contribution is 5.46. The second-order valence-electron chi connectivity index (χ2n) is 2.42. The first-order valence-corrected chi connectivity index (χ1v) is 3.74. The Morgan fingerprint density at radius 3 is 2.46 bits per heavy atom. The Bertz CT molecular complexity index is 299. The quantitative estimate of drug-likeness (QED) is 0.774. The molecule has 0 aliphatic carbocycles. The minimum Gasteiger partial charge on any atom is -0.493 e. The summed E-state index contributed by atoms with van der Waals surface area (Å²) >= 11 is 0. The summed E-state index contributed by atoms with van der Waals surface area (Å²) in [5.74, 6) is 0.151. The van der Waals surface area contributed by atoms with E-state index in [1.54, 1.807) is 0 Å². The van der Waals surface area contributed by atoms with Gasteiger partial charge < -0.3 is 14.6 Å². The molecule has 0 bridgehead atoms. The molecule has 0 aliphatic rings. The highest BCUT2D eigenvalue weighted by atomic mass is 19.1. The lowest BCUT2D eigenvalue weighted by atomic mass is 10.2. The number of rotatable bonds is 3. The van der Waals surface area contributed by atoms with Gasteiger partial charge in [-0.3, -0.25) is 0 Å². The van der Waals surface area contributed by atoms with E-state index in [9.17, 15) is 4.39 Å². The molecule has 13 heavy (non-hydrogen) atoms. The first kappa shape index (κ1) is 9.80. The molecule has 1 aromatic rings. The number of halogens is 1. The smallest absolute Gasteiger partial charge is 0.169 e. The number of hydrogen-bond acceptors (Lipinski definition) is 3. The Morgan fingerprint density at radius 1 is 1.31 bits per heavy atom. The minimum atomic E-state index is -0.500. The molecular weight excluding hydrogens is 175 g/mol. The largest absolute Gasteiger partial charge is 0.493 e. The van der Waals surface area contributed by atoms with Crippen LogP contribution < -0.4 is 9.47 Å². The predicted molar refractivity (Wildman–Crippen MR) is 45.4 cm³/mol. The zero-order chi connectivity index (χ0) is 9.84. The van der Waals surface area contributed by atoms with Crippen molar-refractivity contribution in [2.45, 2.75) is 6.61 Å². The molecular formula is C9H11FO3. The van der Waals surface area contributed by atoms with Crippen LogP contribution in [-0.2, 0) is 6.61 Å². The number of hydrogen-bond donors (Lipinski definition) is 1. The number of benzene rings is 1. The van der Waals surface area contributed by atoms with E-state index in [0.29, 0.717) is 5.75 Å². The Kier molecular flexibility index (Phi) is 3.08. The lowest BCUT2D eigenvalue weighted by Gasteiger charge is -2.11. The molecule has 0 spiro atoms. The fourth-order valence-corrected chi connectivity index (χ4v) is 1.11. The summed E-state index contributed by atoms with van der Waals surface area (Å²) in [6, 6.07) is 2.68. The molecule has 0 radical (unpaired) electrons. The molecule has 1 N–H and O–H groups in total. The maximum absolute atomic E-state index is 13.1. The average molecular weight is 186 g/mol. The predicted octanol–water partition coefficient (Wildman–Crippen LogP) is 1.34. The minimum absolute atomic E-state index is 0.113. The van der Waals surface area contributed by atoms with Gasteiger partial charge in [-0.25, -0.2) is 4.39 Å². The molecule has 0 heterocycles. The van der Waals surface area contributed by atoms with Crippen molar-refractivity contribution >= 4 is 0 Å². The number of methoxy groups -OCH3 is 2. The number of aliphatic hydroxyl groups excluding tert-OH is 1. The van der Waals surface area contributed by atoms with Gasteiger partial charge in [0, 0.05) is 0 Å². The molecule has 1 rings (SSSR count). The molecule has 0 saturated carbocycles. The van der Waals surface area contributed by atoms with E-state index in [1.165, 1.54) is 26.4 Å². The Labute approximate surface area is 75.7 Å². The van der Waals surface area contributed by atoms with Crippen LogP contribution in [0, 0.1) is 5.82 Å². The summed E-state index contributed by atoms with van der Waals surface area (Å²) in [6.45, 7) is -0.411. The summed E-state index contributed by atoms with van der Waals surface area (Å²) in [4.78, 5) is 0. The summed E-state index contributed by atoms with van der Waals surface area (Å²) in [5, 5.41) is 8.87. The highest BCUT2D eigenvalue weighted by Crippen LogP contribution is 2.32. The molecule has 0 aliphatic heterocycles. The highest BCUT2D eigenvalue weighted by Gasteiger charge is 2.13. The van der Waals surface area contributed by atoms with Gasteiger partial charge in [-0.05, 0) is 12.1 Å². The Balaban J connectivity index is 3.27. The van der Waals surface area contributed by atoms with Gasteiger partial charge in [-0.2, -0.15) is 0 Å².